The summed E-state index contributed by atoms with van der Waals surface area (Å²) in [6.07, 6.45) is 3.23. The van der Waals surface area contributed by atoms with Crippen molar-refractivity contribution in [1.82, 2.24) is 9.97 Å². The van der Waals surface area contributed by atoms with Gasteiger partial charge in [-0.15, -0.1) is 0 Å². The third kappa shape index (κ3) is 3.78. The summed E-state index contributed by atoms with van der Waals surface area (Å²) >= 11 is 0. The highest BCUT2D eigenvalue weighted by molar-refractivity contribution is 5.59. The minimum absolute atomic E-state index is 0.377. The van der Waals surface area contributed by atoms with Crippen molar-refractivity contribution in [3.63, 3.8) is 0 Å². The van der Waals surface area contributed by atoms with Crippen molar-refractivity contribution >= 4 is 11.5 Å². The molecule has 1 aromatic heterocycles. The molecule has 24 heavy (non-hydrogen) atoms. The fourth-order valence-electron chi connectivity index (χ4n) is 3.30. The Balaban J connectivity index is 1.73. The number of ether oxygens (including phenoxy) is 1. The Kier molecular flexibility index (Phi) is 5.18. The Hall–Kier alpha value is -2.30. The first-order valence-electron chi connectivity index (χ1n) is 8.68. The molecule has 5 nitrogen and oxygen atoms in total. The van der Waals surface area contributed by atoms with Gasteiger partial charge in [0.25, 0.3) is 0 Å². The van der Waals surface area contributed by atoms with Gasteiger partial charge < -0.3 is 15.0 Å². The zero-order chi connectivity index (χ0) is 16.9. The maximum Gasteiger partial charge on any atom is 0.142 e. The zero-order valence-corrected chi connectivity index (χ0v) is 14.7. The third-order valence-electron chi connectivity index (χ3n) is 4.45. The molecule has 0 radical (unpaired) electrons. The number of anilines is 2. The van der Waals surface area contributed by atoms with E-state index < -0.39 is 0 Å². The number of para-hydroxylation sites is 2. The van der Waals surface area contributed by atoms with Gasteiger partial charge in [0.2, 0.25) is 0 Å². The van der Waals surface area contributed by atoms with Crippen LogP contribution in [0.1, 0.15) is 31.3 Å². The Morgan fingerprint density at radius 2 is 2.12 bits per heavy atom. The lowest BCUT2D eigenvalue weighted by Crippen LogP contribution is -2.42. The minimum atomic E-state index is 0.377. The van der Waals surface area contributed by atoms with E-state index in [2.05, 4.69) is 45.3 Å². The number of methoxy groups -OCH3 is 1. The van der Waals surface area contributed by atoms with E-state index in [1.165, 1.54) is 5.69 Å². The lowest BCUT2D eigenvalue weighted by Gasteiger charge is -2.35. The van der Waals surface area contributed by atoms with Crippen LogP contribution in [0, 0.1) is 6.92 Å². The van der Waals surface area contributed by atoms with Gasteiger partial charge in [0.15, 0.2) is 0 Å². The minimum Gasteiger partial charge on any atom is -0.495 e. The van der Waals surface area contributed by atoms with Crippen LogP contribution >= 0.6 is 0 Å². The number of rotatable bonds is 5. The molecule has 3 rings (SSSR count). The SMILES string of the molecule is CCc1cc(NC2CCCN(c3ccccc3OC)C2)nc(C)n1. The van der Waals surface area contributed by atoms with E-state index >= 15 is 0 Å². The predicted molar refractivity (Wildman–Crippen MR) is 98.0 cm³/mol. The summed E-state index contributed by atoms with van der Waals surface area (Å²) in [5.41, 5.74) is 2.25. The lowest BCUT2D eigenvalue weighted by molar-refractivity contribution is 0.411. The van der Waals surface area contributed by atoms with Crippen LogP contribution in [-0.4, -0.2) is 36.2 Å². The fourth-order valence-corrected chi connectivity index (χ4v) is 3.30. The maximum absolute atomic E-state index is 5.52. The number of aryl methyl sites for hydroxylation is 2. The van der Waals surface area contributed by atoms with Gasteiger partial charge in [-0.25, -0.2) is 9.97 Å². The van der Waals surface area contributed by atoms with Crippen LogP contribution in [0.5, 0.6) is 5.75 Å². The van der Waals surface area contributed by atoms with Crippen LogP contribution in [0.15, 0.2) is 30.3 Å². The molecule has 0 amide bonds. The molecule has 1 N–H and O–H groups in total. The van der Waals surface area contributed by atoms with E-state index in [0.29, 0.717) is 6.04 Å². The van der Waals surface area contributed by atoms with Crippen molar-refractivity contribution in [3.05, 3.63) is 41.9 Å². The fraction of sp³-hybridized carbons (Fsp3) is 0.474. The Morgan fingerprint density at radius 1 is 1.29 bits per heavy atom. The third-order valence-corrected chi connectivity index (χ3v) is 4.45. The molecule has 1 aromatic carbocycles. The predicted octanol–water partition coefficient (Wildman–Crippen LogP) is 3.44. The van der Waals surface area contributed by atoms with Crippen molar-refractivity contribution in [2.24, 2.45) is 0 Å². The number of hydrogen-bond acceptors (Lipinski definition) is 5. The molecule has 1 atom stereocenters. The van der Waals surface area contributed by atoms with Crippen molar-refractivity contribution in [2.45, 2.75) is 39.2 Å². The molecule has 128 valence electrons. The average Bonchev–Trinajstić information content (AvgIpc) is 2.61. The van der Waals surface area contributed by atoms with E-state index in [1.807, 2.05) is 19.1 Å². The summed E-state index contributed by atoms with van der Waals surface area (Å²) in [4.78, 5) is 11.4. The smallest absolute Gasteiger partial charge is 0.142 e. The van der Waals surface area contributed by atoms with Gasteiger partial charge in [0, 0.05) is 30.9 Å². The molecule has 0 spiro atoms. The highest BCUT2D eigenvalue weighted by Gasteiger charge is 2.22. The van der Waals surface area contributed by atoms with Crippen LogP contribution in [0.4, 0.5) is 11.5 Å². The highest BCUT2D eigenvalue weighted by Crippen LogP contribution is 2.30. The van der Waals surface area contributed by atoms with E-state index in [1.54, 1.807) is 7.11 Å². The van der Waals surface area contributed by atoms with Crippen LogP contribution in [0.2, 0.25) is 0 Å². The molecular formula is C19H26N4O. The first kappa shape index (κ1) is 16.6. The van der Waals surface area contributed by atoms with E-state index in [4.69, 9.17) is 4.74 Å². The molecule has 1 aliphatic heterocycles. The summed E-state index contributed by atoms with van der Waals surface area (Å²) in [6, 6.07) is 10.7. The maximum atomic E-state index is 5.52. The summed E-state index contributed by atoms with van der Waals surface area (Å²) in [7, 11) is 1.73. The van der Waals surface area contributed by atoms with Gasteiger partial charge >= 0.3 is 0 Å². The molecule has 1 unspecified atom stereocenters. The number of benzene rings is 1. The number of nitrogens with one attached hydrogen (secondary N) is 1. The lowest BCUT2D eigenvalue weighted by atomic mass is 10.0. The molecule has 0 aliphatic carbocycles. The Morgan fingerprint density at radius 3 is 2.92 bits per heavy atom. The van der Waals surface area contributed by atoms with Crippen LogP contribution in [0.25, 0.3) is 0 Å². The number of aromatic nitrogens is 2. The van der Waals surface area contributed by atoms with Gasteiger partial charge in [-0.3, -0.25) is 0 Å². The number of hydrogen-bond donors (Lipinski definition) is 1. The van der Waals surface area contributed by atoms with Crippen molar-refractivity contribution in [2.75, 3.05) is 30.4 Å². The molecule has 0 bridgehead atoms. The zero-order valence-electron chi connectivity index (χ0n) is 14.7. The summed E-state index contributed by atoms with van der Waals surface area (Å²) < 4.78 is 5.52. The molecule has 5 heteroatoms. The van der Waals surface area contributed by atoms with E-state index in [9.17, 15) is 0 Å². The summed E-state index contributed by atoms with van der Waals surface area (Å²) in [5.74, 6) is 2.70. The molecule has 2 aromatic rings. The van der Waals surface area contributed by atoms with Crippen LogP contribution < -0.4 is 15.0 Å². The van der Waals surface area contributed by atoms with Gasteiger partial charge in [0.1, 0.15) is 17.4 Å². The van der Waals surface area contributed by atoms with Gasteiger partial charge in [0.05, 0.1) is 12.8 Å². The van der Waals surface area contributed by atoms with Crippen LogP contribution in [0.3, 0.4) is 0 Å². The Labute approximate surface area is 144 Å². The first-order chi connectivity index (χ1) is 11.7. The van der Waals surface area contributed by atoms with Crippen molar-refractivity contribution in [3.8, 4) is 5.75 Å². The average molecular weight is 326 g/mol. The second kappa shape index (κ2) is 7.51. The standard InChI is InChI=1S/C19H26N4O/c1-4-15-12-19(21-14(2)20-15)22-16-8-7-11-23(13-16)17-9-5-6-10-18(17)24-3/h5-6,9-10,12,16H,4,7-8,11,13H2,1-3H3,(H,20,21,22). The highest BCUT2D eigenvalue weighted by atomic mass is 16.5. The number of piperidine rings is 1. The number of nitrogens with zero attached hydrogens (tertiary/aromatic N) is 3. The summed E-state index contributed by atoms with van der Waals surface area (Å²) in [5, 5.41) is 3.60. The van der Waals surface area contributed by atoms with Crippen LogP contribution in [-0.2, 0) is 6.42 Å². The van der Waals surface area contributed by atoms with Crippen molar-refractivity contribution in [1.29, 1.82) is 0 Å². The van der Waals surface area contributed by atoms with Gasteiger partial charge in [-0.1, -0.05) is 19.1 Å². The topological polar surface area (TPSA) is 50.3 Å². The molecule has 2 heterocycles. The molecule has 1 fully saturated rings. The normalized spacial score (nSPS) is 17.6. The van der Waals surface area contributed by atoms with Crippen molar-refractivity contribution < 1.29 is 4.74 Å². The first-order valence-corrected chi connectivity index (χ1v) is 8.68. The Bertz CT molecular complexity index is 689. The van der Waals surface area contributed by atoms with E-state index in [-0.39, 0.29) is 0 Å². The quantitative estimate of drug-likeness (QED) is 0.912. The molecule has 1 aliphatic rings. The second-order valence-electron chi connectivity index (χ2n) is 6.25. The van der Waals surface area contributed by atoms with Gasteiger partial charge in [-0.2, -0.15) is 0 Å². The second-order valence-corrected chi connectivity index (χ2v) is 6.25. The molecular weight excluding hydrogens is 300 g/mol. The monoisotopic (exact) mass is 326 g/mol. The van der Waals surface area contributed by atoms with Gasteiger partial charge in [-0.05, 0) is 38.3 Å². The van der Waals surface area contributed by atoms with E-state index in [0.717, 1.165) is 55.4 Å². The molecule has 1 saturated heterocycles. The summed E-state index contributed by atoms with van der Waals surface area (Å²) in [6.45, 7) is 6.08. The largest absolute Gasteiger partial charge is 0.495 e. The molecule has 0 saturated carbocycles.